The Hall–Kier alpha value is -4.21. The first-order chi connectivity index (χ1) is 16.2. The Kier molecular flexibility index (Phi) is 7.62. The van der Waals surface area contributed by atoms with Gasteiger partial charge in [-0.1, -0.05) is 17.3 Å². The summed E-state index contributed by atoms with van der Waals surface area (Å²) in [6.45, 7) is 1.78. The van der Waals surface area contributed by atoms with E-state index in [4.69, 9.17) is 4.52 Å². The van der Waals surface area contributed by atoms with Gasteiger partial charge < -0.3 is 25.3 Å². The van der Waals surface area contributed by atoms with Crippen LogP contribution in [0.5, 0.6) is 0 Å². The van der Waals surface area contributed by atoms with Crippen LogP contribution in [0.4, 0.5) is 11.5 Å². The van der Waals surface area contributed by atoms with E-state index in [9.17, 15) is 29.8 Å². The number of hydrogen-bond acceptors (Lipinski definition) is 10. The molecule has 178 valence electrons. The summed E-state index contributed by atoms with van der Waals surface area (Å²) in [5.41, 5.74) is 1.02. The SMILES string of the molecule is Cc1c(Br)c([N+](=O)[O-])nn1Cc1noc(C(=O)NCCNC(=O)Cc2ccc([N+](=O)[O-])cc2)n1. The van der Waals surface area contributed by atoms with E-state index in [0.717, 1.165) is 0 Å². The predicted octanol–water partition coefficient (Wildman–Crippen LogP) is 1.29. The van der Waals surface area contributed by atoms with Crippen molar-refractivity contribution in [2.45, 2.75) is 19.9 Å². The van der Waals surface area contributed by atoms with Crippen molar-refractivity contribution in [3.63, 3.8) is 0 Å². The van der Waals surface area contributed by atoms with E-state index in [1.807, 2.05) is 0 Å². The molecule has 34 heavy (non-hydrogen) atoms. The highest BCUT2D eigenvalue weighted by Gasteiger charge is 2.25. The van der Waals surface area contributed by atoms with E-state index >= 15 is 0 Å². The Morgan fingerprint density at radius 1 is 1.12 bits per heavy atom. The third-order valence-corrected chi connectivity index (χ3v) is 5.42. The second-order valence-corrected chi connectivity index (χ2v) is 7.65. The van der Waals surface area contributed by atoms with Crippen molar-refractivity contribution in [1.82, 2.24) is 30.6 Å². The van der Waals surface area contributed by atoms with Gasteiger partial charge in [0.25, 0.3) is 5.69 Å². The Morgan fingerprint density at radius 3 is 2.41 bits per heavy atom. The molecule has 2 amide bonds. The first kappa shape index (κ1) is 24.4. The van der Waals surface area contributed by atoms with Crippen LogP contribution >= 0.6 is 15.9 Å². The smallest absolute Gasteiger partial charge is 0.358 e. The van der Waals surface area contributed by atoms with E-state index in [1.165, 1.54) is 28.9 Å². The van der Waals surface area contributed by atoms with Gasteiger partial charge in [-0.25, -0.2) is 0 Å². The monoisotopic (exact) mass is 536 g/mol. The van der Waals surface area contributed by atoms with Gasteiger partial charge in [-0.15, -0.1) is 0 Å². The lowest BCUT2D eigenvalue weighted by Crippen LogP contribution is -2.35. The van der Waals surface area contributed by atoms with Gasteiger partial charge in [-0.3, -0.25) is 19.7 Å². The van der Waals surface area contributed by atoms with Crippen molar-refractivity contribution < 1.29 is 24.0 Å². The minimum absolute atomic E-state index is 0.0279. The second kappa shape index (κ2) is 10.6. The summed E-state index contributed by atoms with van der Waals surface area (Å²) in [4.78, 5) is 48.5. The summed E-state index contributed by atoms with van der Waals surface area (Å²) < 4.78 is 6.44. The van der Waals surface area contributed by atoms with Gasteiger partial charge >= 0.3 is 17.6 Å². The Balaban J connectivity index is 1.44. The second-order valence-electron chi connectivity index (χ2n) is 6.86. The van der Waals surface area contributed by atoms with Crippen LogP contribution in [0.2, 0.25) is 0 Å². The van der Waals surface area contributed by atoms with Gasteiger partial charge in [-0.2, -0.15) is 9.67 Å². The number of nitrogens with zero attached hydrogens (tertiary/aromatic N) is 6. The molecule has 3 rings (SSSR count). The molecule has 3 aromatic rings. The summed E-state index contributed by atoms with van der Waals surface area (Å²) in [7, 11) is 0. The number of amides is 2. The van der Waals surface area contributed by atoms with Gasteiger partial charge in [0.15, 0.2) is 5.82 Å². The molecule has 0 fully saturated rings. The Labute approximate surface area is 198 Å². The molecule has 0 radical (unpaired) electrons. The fourth-order valence-electron chi connectivity index (χ4n) is 2.76. The van der Waals surface area contributed by atoms with Gasteiger partial charge in [0.05, 0.1) is 22.1 Å². The van der Waals surface area contributed by atoms with Crippen LogP contribution in [0, 0.1) is 27.2 Å². The van der Waals surface area contributed by atoms with Crippen LogP contribution in [-0.4, -0.2) is 54.7 Å². The quantitative estimate of drug-likeness (QED) is 0.216. The van der Waals surface area contributed by atoms with Crippen molar-refractivity contribution in [2.75, 3.05) is 13.1 Å². The highest BCUT2D eigenvalue weighted by Crippen LogP contribution is 2.27. The third kappa shape index (κ3) is 5.97. The van der Waals surface area contributed by atoms with E-state index in [-0.39, 0.29) is 59.7 Å². The topological polar surface area (TPSA) is 201 Å². The lowest BCUT2D eigenvalue weighted by molar-refractivity contribution is -0.390. The fourth-order valence-corrected chi connectivity index (χ4v) is 3.19. The van der Waals surface area contributed by atoms with Crippen molar-refractivity contribution in [3.05, 3.63) is 71.9 Å². The molecule has 0 saturated heterocycles. The molecule has 2 heterocycles. The fraction of sp³-hybridized carbons (Fsp3) is 0.278. The number of nitro benzene ring substituents is 1. The van der Waals surface area contributed by atoms with Crippen LogP contribution < -0.4 is 10.6 Å². The first-order valence-electron chi connectivity index (χ1n) is 9.63. The van der Waals surface area contributed by atoms with Gasteiger partial charge in [0, 0.05) is 25.2 Å². The molecule has 0 atom stereocenters. The third-order valence-electron chi connectivity index (χ3n) is 4.49. The molecule has 2 aromatic heterocycles. The summed E-state index contributed by atoms with van der Waals surface area (Å²) in [5.74, 6) is -1.56. The maximum absolute atomic E-state index is 12.2. The number of non-ortho nitro benzene ring substituents is 1. The standard InChI is InChI=1S/C18H17BrN8O7/c1-10-15(19)16(27(32)33)23-25(10)9-13-22-18(34-24-13)17(29)21-7-6-20-14(28)8-11-2-4-12(5-3-11)26(30)31/h2-5H,6-9H2,1H3,(H,20,28)(H,21,29). The van der Waals surface area contributed by atoms with Crippen molar-refractivity contribution in [3.8, 4) is 0 Å². The lowest BCUT2D eigenvalue weighted by Gasteiger charge is -2.06. The normalized spacial score (nSPS) is 10.6. The maximum Gasteiger partial charge on any atom is 0.404 e. The number of rotatable bonds is 10. The average molecular weight is 537 g/mol. The van der Waals surface area contributed by atoms with Gasteiger partial charge in [-0.05, 0) is 33.3 Å². The molecule has 1 aromatic carbocycles. The minimum Gasteiger partial charge on any atom is -0.358 e. The van der Waals surface area contributed by atoms with Crippen LogP contribution in [0.15, 0.2) is 33.3 Å². The number of halogens is 1. The molecule has 15 nitrogen and oxygen atoms in total. The zero-order chi connectivity index (χ0) is 24.8. The lowest BCUT2D eigenvalue weighted by atomic mass is 10.1. The number of nitro groups is 2. The van der Waals surface area contributed by atoms with Crippen LogP contribution in [-0.2, 0) is 17.8 Å². The summed E-state index contributed by atoms with van der Waals surface area (Å²) in [6.07, 6.45) is 0.0279. The highest BCUT2D eigenvalue weighted by molar-refractivity contribution is 9.10. The molecule has 0 unspecified atom stereocenters. The van der Waals surface area contributed by atoms with E-state index in [2.05, 4.69) is 41.8 Å². The van der Waals surface area contributed by atoms with Crippen LogP contribution in [0.1, 0.15) is 27.8 Å². The molecule has 0 aliphatic heterocycles. The molecule has 0 saturated carbocycles. The zero-order valence-corrected chi connectivity index (χ0v) is 19.1. The Bertz CT molecular complexity index is 1240. The van der Waals surface area contributed by atoms with Crippen LogP contribution in [0.3, 0.4) is 0 Å². The average Bonchev–Trinajstić information content (AvgIpc) is 3.37. The molecule has 0 aliphatic rings. The van der Waals surface area contributed by atoms with Crippen molar-refractivity contribution in [2.24, 2.45) is 0 Å². The maximum atomic E-state index is 12.2. The number of benzene rings is 1. The minimum atomic E-state index is -0.660. The molecule has 0 spiro atoms. The number of nitrogens with one attached hydrogen (secondary N) is 2. The zero-order valence-electron chi connectivity index (χ0n) is 17.6. The molecule has 16 heteroatoms. The molecular weight excluding hydrogens is 520 g/mol. The number of carbonyl (C=O) groups excluding carboxylic acids is 2. The van der Waals surface area contributed by atoms with Crippen molar-refractivity contribution in [1.29, 1.82) is 0 Å². The predicted molar refractivity (Wildman–Crippen MR) is 117 cm³/mol. The van der Waals surface area contributed by atoms with Crippen LogP contribution in [0.25, 0.3) is 0 Å². The summed E-state index contributed by atoms with van der Waals surface area (Å²) in [5, 5.41) is 34.3. The largest absolute Gasteiger partial charge is 0.404 e. The van der Waals surface area contributed by atoms with Gasteiger partial charge in [0.1, 0.15) is 11.0 Å². The van der Waals surface area contributed by atoms with E-state index in [0.29, 0.717) is 11.3 Å². The molecule has 2 N–H and O–H groups in total. The van der Waals surface area contributed by atoms with Crippen molar-refractivity contribution >= 4 is 39.2 Å². The number of hydrogen-bond donors (Lipinski definition) is 2. The molecular formula is C18H17BrN8O7. The highest BCUT2D eigenvalue weighted by atomic mass is 79.9. The first-order valence-corrected chi connectivity index (χ1v) is 10.4. The Morgan fingerprint density at radius 2 is 1.79 bits per heavy atom. The van der Waals surface area contributed by atoms with Gasteiger partial charge in [0.2, 0.25) is 5.91 Å². The number of carbonyl (C=O) groups is 2. The molecule has 0 bridgehead atoms. The van der Waals surface area contributed by atoms with E-state index < -0.39 is 15.8 Å². The number of aromatic nitrogens is 4. The molecule has 0 aliphatic carbocycles. The van der Waals surface area contributed by atoms with E-state index in [1.54, 1.807) is 6.92 Å². The summed E-state index contributed by atoms with van der Waals surface area (Å²) in [6, 6.07) is 5.62. The summed E-state index contributed by atoms with van der Waals surface area (Å²) >= 11 is 3.11.